The second-order valence-corrected chi connectivity index (χ2v) is 7.52. The summed E-state index contributed by atoms with van der Waals surface area (Å²) in [4.78, 5) is 2.27. The molecule has 0 atom stereocenters. The molecule has 0 saturated heterocycles. The third-order valence-corrected chi connectivity index (χ3v) is 5.35. The molecule has 0 aromatic heterocycles. The van der Waals surface area contributed by atoms with Crippen molar-refractivity contribution in [3.8, 4) is 11.1 Å². The maximum absolute atomic E-state index is 5.54. The van der Waals surface area contributed by atoms with E-state index < -0.39 is 0 Å². The van der Waals surface area contributed by atoms with Gasteiger partial charge in [0.05, 0.1) is 6.61 Å². The third kappa shape index (κ3) is 5.16. The van der Waals surface area contributed by atoms with Crippen LogP contribution in [-0.4, -0.2) is 6.61 Å². The molecule has 0 N–H and O–H groups in total. The first-order valence-electron chi connectivity index (χ1n) is 10.8. The van der Waals surface area contributed by atoms with Crippen LogP contribution in [0.25, 0.3) is 11.1 Å². The van der Waals surface area contributed by atoms with Crippen molar-refractivity contribution < 1.29 is 4.74 Å². The SMILES string of the molecule is C=CC(=C)OCCc1ccc(N(c2ccccc2)c2ccc(-c3ccccc3)cc2)cc1. The summed E-state index contributed by atoms with van der Waals surface area (Å²) in [6.45, 7) is 8.05. The molecular formula is C30H27NO. The second kappa shape index (κ2) is 10.3. The highest BCUT2D eigenvalue weighted by Gasteiger charge is 2.12. The van der Waals surface area contributed by atoms with Gasteiger partial charge in [0.1, 0.15) is 5.76 Å². The van der Waals surface area contributed by atoms with Gasteiger partial charge < -0.3 is 9.64 Å². The predicted molar refractivity (Wildman–Crippen MR) is 136 cm³/mol. The summed E-state index contributed by atoms with van der Waals surface area (Å²) < 4.78 is 5.54. The van der Waals surface area contributed by atoms with Gasteiger partial charge in [-0.1, -0.05) is 86.0 Å². The largest absolute Gasteiger partial charge is 0.494 e. The maximum atomic E-state index is 5.54. The Kier molecular flexibility index (Phi) is 6.84. The first-order valence-corrected chi connectivity index (χ1v) is 10.8. The Morgan fingerprint density at radius 2 is 1.16 bits per heavy atom. The summed E-state index contributed by atoms with van der Waals surface area (Å²) in [7, 11) is 0. The van der Waals surface area contributed by atoms with E-state index >= 15 is 0 Å². The van der Waals surface area contributed by atoms with Gasteiger partial charge in [-0.25, -0.2) is 0 Å². The molecule has 0 amide bonds. The van der Waals surface area contributed by atoms with Gasteiger partial charge in [0.2, 0.25) is 0 Å². The second-order valence-electron chi connectivity index (χ2n) is 7.52. The van der Waals surface area contributed by atoms with Crippen LogP contribution < -0.4 is 4.90 Å². The van der Waals surface area contributed by atoms with Gasteiger partial charge in [-0.15, -0.1) is 0 Å². The lowest BCUT2D eigenvalue weighted by Gasteiger charge is -2.26. The van der Waals surface area contributed by atoms with Crippen LogP contribution in [0, 0.1) is 0 Å². The average Bonchev–Trinajstić information content (AvgIpc) is 2.87. The first kappa shape index (κ1) is 21.2. The molecule has 0 fully saturated rings. The van der Waals surface area contributed by atoms with Gasteiger partial charge in [0, 0.05) is 23.5 Å². The van der Waals surface area contributed by atoms with Crippen LogP contribution >= 0.6 is 0 Å². The molecule has 0 aliphatic carbocycles. The van der Waals surface area contributed by atoms with Crippen molar-refractivity contribution in [2.45, 2.75) is 6.42 Å². The minimum absolute atomic E-state index is 0.591. The van der Waals surface area contributed by atoms with Crippen LogP contribution in [0.4, 0.5) is 17.1 Å². The van der Waals surface area contributed by atoms with Crippen molar-refractivity contribution >= 4 is 17.1 Å². The molecule has 0 spiro atoms. The molecule has 0 saturated carbocycles. The predicted octanol–water partition coefficient (Wildman–Crippen LogP) is 8.08. The highest BCUT2D eigenvalue weighted by Crippen LogP contribution is 2.35. The van der Waals surface area contributed by atoms with Crippen LogP contribution in [0.15, 0.2) is 134 Å². The number of ether oxygens (including phenoxy) is 1. The Bertz CT molecular complexity index is 1150. The number of hydrogen-bond acceptors (Lipinski definition) is 2. The first-order chi connectivity index (χ1) is 15.7. The average molecular weight is 418 g/mol. The molecular weight excluding hydrogens is 390 g/mol. The van der Waals surface area contributed by atoms with E-state index in [9.17, 15) is 0 Å². The van der Waals surface area contributed by atoms with Crippen molar-refractivity contribution in [3.05, 3.63) is 140 Å². The van der Waals surface area contributed by atoms with Gasteiger partial charge >= 0.3 is 0 Å². The quantitative estimate of drug-likeness (QED) is 0.202. The molecule has 0 heterocycles. The van der Waals surface area contributed by atoms with E-state index in [1.807, 2.05) is 12.1 Å². The van der Waals surface area contributed by atoms with Crippen LogP contribution in [0.2, 0.25) is 0 Å². The fraction of sp³-hybridized carbons (Fsp3) is 0.0667. The monoisotopic (exact) mass is 417 g/mol. The number of anilines is 3. The van der Waals surface area contributed by atoms with Crippen molar-refractivity contribution in [1.82, 2.24) is 0 Å². The van der Waals surface area contributed by atoms with E-state index in [4.69, 9.17) is 4.74 Å². The maximum Gasteiger partial charge on any atom is 0.111 e. The van der Waals surface area contributed by atoms with Gasteiger partial charge in [-0.2, -0.15) is 0 Å². The fourth-order valence-corrected chi connectivity index (χ4v) is 3.63. The lowest BCUT2D eigenvalue weighted by molar-refractivity contribution is 0.230. The molecule has 0 aliphatic heterocycles. The van der Waals surface area contributed by atoms with Crippen LogP contribution in [-0.2, 0) is 11.2 Å². The van der Waals surface area contributed by atoms with Crippen molar-refractivity contribution in [3.63, 3.8) is 0 Å². The summed E-state index contributed by atoms with van der Waals surface area (Å²) in [5.41, 5.74) is 7.00. The molecule has 32 heavy (non-hydrogen) atoms. The minimum Gasteiger partial charge on any atom is -0.494 e. The van der Waals surface area contributed by atoms with E-state index in [1.165, 1.54) is 16.7 Å². The molecule has 2 heteroatoms. The van der Waals surface area contributed by atoms with E-state index in [0.29, 0.717) is 12.4 Å². The number of para-hydroxylation sites is 1. The van der Waals surface area contributed by atoms with Crippen molar-refractivity contribution in [2.75, 3.05) is 11.5 Å². The standard InChI is InChI=1S/C30H27NO/c1-3-24(2)32-23-22-25-14-18-29(19-15-25)31(28-12-8-5-9-13-28)30-20-16-27(17-21-30)26-10-6-4-7-11-26/h3-21H,1-2,22-23H2. The Labute approximate surface area is 190 Å². The number of hydrogen-bond donors (Lipinski definition) is 0. The Hall–Kier alpha value is -4.04. The van der Waals surface area contributed by atoms with Gasteiger partial charge in [-0.3, -0.25) is 0 Å². The van der Waals surface area contributed by atoms with E-state index in [0.717, 1.165) is 23.5 Å². The zero-order valence-electron chi connectivity index (χ0n) is 18.2. The van der Waals surface area contributed by atoms with Gasteiger partial charge in [0.25, 0.3) is 0 Å². The zero-order chi connectivity index (χ0) is 22.2. The van der Waals surface area contributed by atoms with Gasteiger partial charge in [-0.05, 0) is 59.2 Å². The topological polar surface area (TPSA) is 12.5 Å². The minimum atomic E-state index is 0.591. The highest BCUT2D eigenvalue weighted by atomic mass is 16.5. The van der Waals surface area contributed by atoms with Crippen molar-refractivity contribution in [2.24, 2.45) is 0 Å². The van der Waals surface area contributed by atoms with E-state index in [2.05, 4.69) is 115 Å². The number of nitrogens with zero attached hydrogens (tertiary/aromatic N) is 1. The lowest BCUT2D eigenvalue weighted by atomic mass is 10.0. The normalized spacial score (nSPS) is 10.4. The molecule has 4 rings (SSSR count). The fourth-order valence-electron chi connectivity index (χ4n) is 3.63. The van der Waals surface area contributed by atoms with E-state index in [-0.39, 0.29) is 0 Å². The molecule has 0 bridgehead atoms. The van der Waals surface area contributed by atoms with Crippen molar-refractivity contribution in [1.29, 1.82) is 0 Å². The Morgan fingerprint density at radius 3 is 1.75 bits per heavy atom. The number of rotatable bonds is 9. The lowest BCUT2D eigenvalue weighted by Crippen LogP contribution is -2.10. The molecule has 0 radical (unpaired) electrons. The number of benzene rings is 4. The smallest absolute Gasteiger partial charge is 0.111 e. The van der Waals surface area contributed by atoms with Gasteiger partial charge in [0.15, 0.2) is 0 Å². The summed E-state index contributed by atoms with van der Waals surface area (Å²) in [5, 5.41) is 0. The molecule has 2 nitrogen and oxygen atoms in total. The molecule has 0 unspecified atom stereocenters. The zero-order valence-corrected chi connectivity index (χ0v) is 18.2. The Balaban J connectivity index is 1.59. The molecule has 0 aliphatic rings. The summed E-state index contributed by atoms with van der Waals surface area (Å²) in [6, 6.07) is 38.2. The van der Waals surface area contributed by atoms with Crippen LogP contribution in [0.3, 0.4) is 0 Å². The molecule has 158 valence electrons. The summed E-state index contributed by atoms with van der Waals surface area (Å²) in [5.74, 6) is 0.607. The van der Waals surface area contributed by atoms with Crippen LogP contribution in [0.5, 0.6) is 0 Å². The molecule has 4 aromatic rings. The van der Waals surface area contributed by atoms with Crippen LogP contribution in [0.1, 0.15) is 5.56 Å². The summed E-state index contributed by atoms with van der Waals surface area (Å²) in [6.07, 6.45) is 2.45. The highest BCUT2D eigenvalue weighted by molar-refractivity contribution is 5.78. The van der Waals surface area contributed by atoms with E-state index in [1.54, 1.807) is 6.08 Å². The third-order valence-electron chi connectivity index (χ3n) is 5.35. The number of allylic oxidation sites excluding steroid dienone is 1. The Morgan fingerprint density at radius 1 is 0.656 bits per heavy atom. The summed E-state index contributed by atoms with van der Waals surface area (Å²) >= 11 is 0. The molecule has 4 aromatic carbocycles.